The predicted molar refractivity (Wildman–Crippen MR) is 130 cm³/mol. The molecule has 1 amide bonds. The Kier molecular flexibility index (Phi) is 7.15. The third-order valence-corrected chi connectivity index (χ3v) is 6.56. The van der Waals surface area contributed by atoms with Gasteiger partial charge in [-0.3, -0.25) is 9.52 Å². The van der Waals surface area contributed by atoms with Crippen LogP contribution >= 0.6 is 0 Å². The number of rotatable bonds is 8. The Bertz CT molecular complexity index is 1250. The van der Waals surface area contributed by atoms with Gasteiger partial charge >= 0.3 is 0 Å². The number of benzene rings is 2. The van der Waals surface area contributed by atoms with Crippen LogP contribution in [0.15, 0.2) is 54.6 Å². The molecule has 0 bridgehead atoms. The predicted octanol–water partition coefficient (Wildman–Crippen LogP) is 4.60. The van der Waals surface area contributed by atoms with Crippen LogP contribution in [0.5, 0.6) is 0 Å². The molecule has 0 aliphatic carbocycles. The van der Waals surface area contributed by atoms with E-state index >= 15 is 0 Å². The molecule has 3 aromatic rings. The Morgan fingerprint density at radius 3 is 2.41 bits per heavy atom. The van der Waals surface area contributed by atoms with E-state index in [9.17, 15) is 13.2 Å². The fourth-order valence-electron chi connectivity index (χ4n) is 3.42. The molecule has 8 heteroatoms. The lowest BCUT2D eigenvalue weighted by atomic mass is 10.1. The Balaban J connectivity index is 1.77. The highest BCUT2D eigenvalue weighted by atomic mass is 32.2. The smallest absolute Gasteiger partial charge is 0.248 e. The minimum Gasteiger partial charge on any atom is -0.322 e. The van der Waals surface area contributed by atoms with Crippen molar-refractivity contribution in [2.75, 3.05) is 15.8 Å². The highest BCUT2D eigenvalue weighted by Crippen LogP contribution is 2.25. The first-order valence-electron chi connectivity index (χ1n) is 10.4. The second-order valence-corrected chi connectivity index (χ2v) is 9.40. The van der Waals surface area contributed by atoms with Crippen molar-refractivity contribution in [3.63, 3.8) is 0 Å². The molecule has 1 heterocycles. The number of nitrogens with zero attached hydrogens (tertiary/aromatic N) is 2. The van der Waals surface area contributed by atoms with E-state index < -0.39 is 10.0 Å². The van der Waals surface area contributed by atoms with Crippen molar-refractivity contribution in [2.24, 2.45) is 0 Å². The zero-order valence-electron chi connectivity index (χ0n) is 18.7. The van der Waals surface area contributed by atoms with E-state index in [0.29, 0.717) is 23.4 Å². The molecule has 1 aromatic heterocycles. The van der Waals surface area contributed by atoms with Crippen LogP contribution in [0, 0.1) is 20.8 Å². The highest BCUT2D eigenvalue weighted by Gasteiger charge is 2.14. The molecule has 2 N–H and O–H groups in total. The quantitative estimate of drug-likeness (QED) is 0.489. The lowest BCUT2D eigenvalue weighted by Crippen LogP contribution is -2.17. The average molecular weight is 453 g/mol. The maximum absolute atomic E-state index is 12.6. The van der Waals surface area contributed by atoms with E-state index in [4.69, 9.17) is 0 Å². The van der Waals surface area contributed by atoms with Gasteiger partial charge in [-0.1, -0.05) is 31.2 Å². The van der Waals surface area contributed by atoms with Gasteiger partial charge < -0.3 is 5.32 Å². The van der Waals surface area contributed by atoms with Gasteiger partial charge in [-0.25, -0.2) is 13.1 Å². The molecule has 7 nitrogen and oxygen atoms in total. The van der Waals surface area contributed by atoms with Crippen LogP contribution in [-0.4, -0.2) is 29.9 Å². The van der Waals surface area contributed by atoms with Gasteiger partial charge in [0, 0.05) is 23.0 Å². The first-order valence-corrected chi connectivity index (χ1v) is 12.1. The summed E-state index contributed by atoms with van der Waals surface area (Å²) in [5.74, 6) is -0.269. The summed E-state index contributed by atoms with van der Waals surface area (Å²) in [7, 11) is -3.41. The molecule has 0 unspecified atom stereocenters. The van der Waals surface area contributed by atoms with Gasteiger partial charge in [0.2, 0.25) is 15.9 Å². The van der Waals surface area contributed by atoms with Crippen LogP contribution < -0.4 is 10.0 Å². The first kappa shape index (κ1) is 23.3. The summed E-state index contributed by atoms with van der Waals surface area (Å²) in [6, 6.07) is 14.9. The molecule has 2 aromatic carbocycles. The monoisotopic (exact) mass is 452 g/mol. The molecule has 0 saturated heterocycles. The number of aryl methyl sites for hydroxylation is 1. The summed E-state index contributed by atoms with van der Waals surface area (Å²) in [6.07, 6.45) is 3.73. The molecule has 0 saturated carbocycles. The normalized spacial score (nSPS) is 11.6. The van der Waals surface area contributed by atoms with Gasteiger partial charge in [0.25, 0.3) is 0 Å². The SMILES string of the molecule is CCCS(=O)(=O)Nc1cccc(NC(=O)/C=C/c2c(C)nn(-c3ccccc3)c2C)c1C. The van der Waals surface area contributed by atoms with Crippen LogP contribution in [0.3, 0.4) is 0 Å². The summed E-state index contributed by atoms with van der Waals surface area (Å²) >= 11 is 0. The third-order valence-electron chi connectivity index (χ3n) is 5.08. The number of hydrogen-bond acceptors (Lipinski definition) is 4. The minimum absolute atomic E-state index is 0.0428. The fraction of sp³-hybridized carbons (Fsp3) is 0.250. The van der Waals surface area contributed by atoms with Gasteiger partial charge in [0.1, 0.15) is 0 Å². The van der Waals surface area contributed by atoms with Crippen molar-refractivity contribution in [1.29, 1.82) is 0 Å². The van der Waals surface area contributed by atoms with Crippen molar-refractivity contribution in [1.82, 2.24) is 9.78 Å². The van der Waals surface area contributed by atoms with Crippen LogP contribution in [-0.2, 0) is 14.8 Å². The number of anilines is 2. The van der Waals surface area contributed by atoms with Crippen molar-refractivity contribution in [3.05, 3.63) is 77.1 Å². The van der Waals surface area contributed by atoms with Gasteiger partial charge in [-0.2, -0.15) is 5.10 Å². The van der Waals surface area contributed by atoms with E-state index in [0.717, 1.165) is 22.6 Å². The summed E-state index contributed by atoms with van der Waals surface area (Å²) in [5.41, 5.74) is 5.23. The molecule has 0 aliphatic rings. The molecule has 0 aliphatic heterocycles. The number of carbonyl (C=O) groups is 1. The van der Waals surface area contributed by atoms with Crippen molar-refractivity contribution in [2.45, 2.75) is 34.1 Å². The molecule has 32 heavy (non-hydrogen) atoms. The van der Waals surface area contributed by atoms with Crippen molar-refractivity contribution >= 4 is 33.4 Å². The molecule has 0 fully saturated rings. The average Bonchev–Trinajstić information content (AvgIpc) is 3.03. The molecule has 168 valence electrons. The third kappa shape index (κ3) is 5.45. The van der Waals surface area contributed by atoms with E-state index in [1.54, 1.807) is 31.2 Å². The summed E-state index contributed by atoms with van der Waals surface area (Å²) in [4.78, 5) is 12.6. The number of aromatic nitrogens is 2. The second-order valence-electron chi connectivity index (χ2n) is 7.55. The maximum atomic E-state index is 12.6. The topological polar surface area (TPSA) is 93.1 Å². The van der Waals surface area contributed by atoms with Crippen LogP contribution in [0.4, 0.5) is 11.4 Å². The van der Waals surface area contributed by atoms with E-state index in [1.807, 2.05) is 55.8 Å². The molecular formula is C24H28N4O3S. The molecule has 0 atom stereocenters. The largest absolute Gasteiger partial charge is 0.322 e. The van der Waals surface area contributed by atoms with Crippen LogP contribution in [0.2, 0.25) is 0 Å². The summed E-state index contributed by atoms with van der Waals surface area (Å²) < 4.78 is 28.6. The Morgan fingerprint density at radius 2 is 1.72 bits per heavy atom. The Hall–Kier alpha value is -3.39. The number of sulfonamides is 1. The molecule has 0 spiro atoms. The van der Waals surface area contributed by atoms with E-state index in [2.05, 4.69) is 15.1 Å². The first-order chi connectivity index (χ1) is 15.2. The Labute approximate surface area is 189 Å². The molecule has 3 rings (SSSR count). The summed E-state index contributed by atoms with van der Waals surface area (Å²) in [5, 5.41) is 7.41. The number of nitrogens with one attached hydrogen (secondary N) is 2. The van der Waals surface area contributed by atoms with Gasteiger partial charge in [-0.15, -0.1) is 0 Å². The van der Waals surface area contributed by atoms with Gasteiger partial charge in [-0.05, 0) is 63.1 Å². The van der Waals surface area contributed by atoms with Gasteiger partial charge in [0.15, 0.2) is 0 Å². The fourth-order valence-corrected chi connectivity index (χ4v) is 4.61. The number of amides is 1. The van der Waals surface area contributed by atoms with E-state index in [-0.39, 0.29) is 11.7 Å². The Morgan fingerprint density at radius 1 is 1.03 bits per heavy atom. The molecule has 0 radical (unpaired) electrons. The zero-order valence-corrected chi connectivity index (χ0v) is 19.5. The maximum Gasteiger partial charge on any atom is 0.248 e. The van der Waals surface area contributed by atoms with Crippen molar-refractivity contribution in [3.8, 4) is 5.69 Å². The van der Waals surface area contributed by atoms with Crippen LogP contribution in [0.25, 0.3) is 11.8 Å². The van der Waals surface area contributed by atoms with Gasteiger partial charge in [0.05, 0.1) is 22.8 Å². The van der Waals surface area contributed by atoms with E-state index in [1.165, 1.54) is 6.08 Å². The number of hydrogen-bond donors (Lipinski definition) is 2. The zero-order chi connectivity index (χ0) is 23.3. The molecular weight excluding hydrogens is 424 g/mol. The second kappa shape index (κ2) is 9.82. The van der Waals surface area contributed by atoms with Crippen molar-refractivity contribution < 1.29 is 13.2 Å². The number of para-hydroxylation sites is 1. The lowest BCUT2D eigenvalue weighted by molar-refractivity contribution is -0.111. The lowest BCUT2D eigenvalue weighted by Gasteiger charge is -2.13. The highest BCUT2D eigenvalue weighted by molar-refractivity contribution is 7.92. The number of carbonyl (C=O) groups excluding carboxylic acids is 1. The van der Waals surface area contributed by atoms with Crippen LogP contribution in [0.1, 0.15) is 35.9 Å². The minimum atomic E-state index is -3.41. The summed E-state index contributed by atoms with van der Waals surface area (Å²) in [6.45, 7) is 7.43. The standard InChI is InChI=1S/C24H28N4O3S/c1-5-16-32(30,31)27-23-13-9-12-22(17(23)2)25-24(29)15-14-21-18(3)26-28(19(21)4)20-10-7-6-8-11-20/h6-15,27H,5,16H2,1-4H3,(H,25,29)/b15-14+.